The summed E-state index contributed by atoms with van der Waals surface area (Å²) in [5, 5.41) is 3.23. The topological polar surface area (TPSA) is 12.0 Å². The number of hydrogen-bond acceptors (Lipinski definition) is 1. The van der Waals surface area contributed by atoms with Crippen molar-refractivity contribution >= 4 is 0 Å². The molecule has 1 heteroatoms. The molecular formula is C14H21N. The van der Waals surface area contributed by atoms with E-state index in [-0.39, 0.29) is 0 Å². The first-order valence-electron chi connectivity index (χ1n) is 6.00. The lowest BCUT2D eigenvalue weighted by molar-refractivity contribution is 0.247. The summed E-state index contributed by atoms with van der Waals surface area (Å²) in [5.41, 5.74) is 2.95. The van der Waals surface area contributed by atoms with Gasteiger partial charge in [0.05, 0.1) is 0 Å². The quantitative estimate of drug-likeness (QED) is 0.793. The van der Waals surface area contributed by atoms with Gasteiger partial charge in [-0.1, -0.05) is 29.8 Å². The van der Waals surface area contributed by atoms with Gasteiger partial charge >= 0.3 is 0 Å². The highest BCUT2D eigenvalue weighted by molar-refractivity contribution is 5.27. The Labute approximate surface area is 92.9 Å². The van der Waals surface area contributed by atoms with Gasteiger partial charge in [0.2, 0.25) is 0 Å². The van der Waals surface area contributed by atoms with E-state index in [9.17, 15) is 0 Å². The third-order valence-electron chi connectivity index (χ3n) is 3.55. The molecule has 0 saturated heterocycles. The second-order valence-corrected chi connectivity index (χ2v) is 4.84. The van der Waals surface area contributed by atoms with Gasteiger partial charge in [-0.15, -0.1) is 0 Å². The van der Waals surface area contributed by atoms with E-state index < -0.39 is 0 Å². The molecule has 15 heavy (non-hydrogen) atoms. The highest BCUT2D eigenvalue weighted by Crippen LogP contribution is 2.43. The van der Waals surface area contributed by atoms with Crippen LogP contribution in [-0.2, 0) is 0 Å². The molecule has 1 aliphatic rings. The minimum atomic E-state index is 0.840. The summed E-state index contributed by atoms with van der Waals surface area (Å²) >= 11 is 0. The summed E-state index contributed by atoms with van der Waals surface area (Å²) in [6.45, 7) is 3.35. The zero-order valence-corrected chi connectivity index (χ0v) is 9.79. The van der Waals surface area contributed by atoms with Crippen molar-refractivity contribution in [1.82, 2.24) is 5.32 Å². The minimum absolute atomic E-state index is 0.840. The summed E-state index contributed by atoms with van der Waals surface area (Å²) in [6, 6.07) is 9.00. The van der Waals surface area contributed by atoms with Crippen molar-refractivity contribution in [3.05, 3.63) is 35.4 Å². The van der Waals surface area contributed by atoms with Gasteiger partial charge in [0, 0.05) is 0 Å². The van der Waals surface area contributed by atoms with Gasteiger partial charge < -0.3 is 5.32 Å². The summed E-state index contributed by atoms with van der Waals surface area (Å²) in [6.07, 6.45) is 4.13. The van der Waals surface area contributed by atoms with Crippen LogP contribution in [0.15, 0.2) is 24.3 Å². The minimum Gasteiger partial charge on any atom is -0.320 e. The van der Waals surface area contributed by atoms with E-state index >= 15 is 0 Å². The number of nitrogens with one attached hydrogen (secondary N) is 1. The van der Waals surface area contributed by atoms with E-state index in [1.165, 1.54) is 31.4 Å². The lowest BCUT2D eigenvalue weighted by Crippen LogP contribution is -2.25. The molecule has 1 nitrogen and oxygen atoms in total. The van der Waals surface area contributed by atoms with Gasteiger partial charge in [-0.05, 0) is 57.2 Å². The Morgan fingerprint density at radius 2 is 2.13 bits per heavy atom. The molecule has 2 rings (SSSR count). The highest BCUT2D eigenvalue weighted by Gasteiger charge is 2.29. The maximum absolute atomic E-state index is 3.23. The van der Waals surface area contributed by atoms with Crippen LogP contribution in [0.5, 0.6) is 0 Å². The third kappa shape index (κ3) is 2.60. The Kier molecular flexibility index (Phi) is 3.42. The standard InChI is InChI=1S/C14H21N/c1-11-4-3-5-13(8-11)14-9-12(10-14)6-7-15-2/h3-5,8,12,14-15H,6-7,9-10H2,1-2H3. The molecule has 1 saturated carbocycles. The van der Waals surface area contributed by atoms with Crippen molar-refractivity contribution in [3.63, 3.8) is 0 Å². The Balaban J connectivity index is 1.84. The number of rotatable bonds is 4. The lowest BCUT2D eigenvalue weighted by atomic mass is 9.70. The number of hydrogen-bond donors (Lipinski definition) is 1. The summed E-state index contributed by atoms with van der Waals surface area (Å²) in [4.78, 5) is 0. The maximum atomic E-state index is 3.23. The Hall–Kier alpha value is -0.820. The first-order valence-corrected chi connectivity index (χ1v) is 6.00. The van der Waals surface area contributed by atoms with E-state index in [0.717, 1.165) is 11.8 Å². The first-order chi connectivity index (χ1) is 7.29. The smallest absolute Gasteiger partial charge is 0.00493 e. The summed E-state index contributed by atoms with van der Waals surface area (Å²) < 4.78 is 0. The molecule has 0 atom stereocenters. The van der Waals surface area contributed by atoms with Crippen LogP contribution in [0.1, 0.15) is 36.3 Å². The van der Waals surface area contributed by atoms with Crippen LogP contribution in [0.2, 0.25) is 0 Å². The molecule has 82 valence electrons. The van der Waals surface area contributed by atoms with Gasteiger partial charge in [0.25, 0.3) is 0 Å². The average molecular weight is 203 g/mol. The molecule has 0 aromatic heterocycles. The average Bonchev–Trinajstić information content (AvgIpc) is 2.16. The zero-order valence-electron chi connectivity index (χ0n) is 9.79. The second kappa shape index (κ2) is 4.80. The Morgan fingerprint density at radius 3 is 2.80 bits per heavy atom. The van der Waals surface area contributed by atoms with Crippen molar-refractivity contribution < 1.29 is 0 Å². The van der Waals surface area contributed by atoms with Crippen LogP contribution in [-0.4, -0.2) is 13.6 Å². The maximum Gasteiger partial charge on any atom is -0.00493 e. The van der Waals surface area contributed by atoms with E-state index in [0.29, 0.717) is 0 Å². The number of aryl methyl sites for hydroxylation is 1. The van der Waals surface area contributed by atoms with E-state index in [2.05, 4.69) is 36.5 Å². The van der Waals surface area contributed by atoms with E-state index in [1.54, 1.807) is 5.56 Å². The van der Waals surface area contributed by atoms with E-state index in [4.69, 9.17) is 0 Å². The van der Waals surface area contributed by atoms with Gasteiger partial charge in [-0.2, -0.15) is 0 Å². The molecule has 1 aromatic carbocycles. The number of benzene rings is 1. The Bertz CT molecular complexity index is 313. The zero-order chi connectivity index (χ0) is 10.7. The molecule has 0 radical (unpaired) electrons. The summed E-state index contributed by atoms with van der Waals surface area (Å²) in [7, 11) is 2.04. The van der Waals surface area contributed by atoms with E-state index in [1.807, 2.05) is 7.05 Å². The van der Waals surface area contributed by atoms with Gasteiger partial charge in [0.1, 0.15) is 0 Å². The van der Waals surface area contributed by atoms with Crippen LogP contribution in [0.25, 0.3) is 0 Å². The fourth-order valence-electron chi connectivity index (χ4n) is 2.52. The molecule has 0 bridgehead atoms. The van der Waals surface area contributed by atoms with Crippen LogP contribution in [0.4, 0.5) is 0 Å². The predicted octanol–water partition coefficient (Wildman–Crippen LogP) is 3.10. The molecule has 0 aliphatic heterocycles. The van der Waals surface area contributed by atoms with Crippen LogP contribution in [0.3, 0.4) is 0 Å². The highest BCUT2D eigenvalue weighted by atomic mass is 14.8. The third-order valence-corrected chi connectivity index (χ3v) is 3.55. The van der Waals surface area contributed by atoms with Gasteiger partial charge in [-0.3, -0.25) is 0 Å². The molecule has 1 N–H and O–H groups in total. The first kappa shape index (κ1) is 10.7. The molecule has 0 heterocycles. The fraction of sp³-hybridized carbons (Fsp3) is 0.571. The monoisotopic (exact) mass is 203 g/mol. The molecule has 0 unspecified atom stereocenters. The molecule has 1 aromatic rings. The Morgan fingerprint density at radius 1 is 1.33 bits per heavy atom. The second-order valence-electron chi connectivity index (χ2n) is 4.84. The van der Waals surface area contributed by atoms with Crippen molar-refractivity contribution in [3.8, 4) is 0 Å². The molecule has 0 amide bonds. The van der Waals surface area contributed by atoms with Crippen molar-refractivity contribution in [1.29, 1.82) is 0 Å². The van der Waals surface area contributed by atoms with Crippen molar-refractivity contribution in [2.75, 3.05) is 13.6 Å². The van der Waals surface area contributed by atoms with Crippen molar-refractivity contribution in [2.45, 2.75) is 32.1 Å². The SMILES string of the molecule is CNCCC1CC(c2cccc(C)c2)C1. The van der Waals surface area contributed by atoms with Crippen molar-refractivity contribution in [2.24, 2.45) is 5.92 Å². The molecular weight excluding hydrogens is 182 g/mol. The normalized spacial score (nSPS) is 24.9. The fourth-order valence-corrected chi connectivity index (χ4v) is 2.52. The van der Waals surface area contributed by atoms with Gasteiger partial charge in [0.15, 0.2) is 0 Å². The largest absolute Gasteiger partial charge is 0.320 e. The van der Waals surface area contributed by atoms with Gasteiger partial charge in [-0.25, -0.2) is 0 Å². The lowest BCUT2D eigenvalue weighted by Gasteiger charge is -2.36. The van der Waals surface area contributed by atoms with Crippen LogP contribution < -0.4 is 5.32 Å². The molecule has 0 spiro atoms. The molecule has 1 aliphatic carbocycles. The molecule has 1 fully saturated rings. The summed E-state index contributed by atoms with van der Waals surface area (Å²) in [5.74, 6) is 1.80. The predicted molar refractivity (Wildman–Crippen MR) is 65.2 cm³/mol. The van der Waals surface area contributed by atoms with Crippen LogP contribution in [0, 0.1) is 12.8 Å². The van der Waals surface area contributed by atoms with Crippen LogP contribution >= 0.6 is 0 Å².